The number of hydrogen-bond acceptors (Lipinski definition) is 2. The highest BCUT2D eigenvalue weighted by molar-refractivity contribution is 5.76. The molecule has 0 N–H and O–H groups in total. The number of carbonyl (C=O) groups excluding carboxylic acids is 1. The van der Waals surface area contributed by atoms with Crippen LogP contribution < -0.4 is 0 Å². The molecular weight excluding hydrogens is 154 g/mol. The second-order valence-corrected chi connectivity index (χ2v) is 3.26. The minimum atomic E-state index is 0.262. The van der Waals surface area contributed by atoms with E-state index in [4.69, 9.17) is 4.74 Å². The zero-order chi connectivity index (χ0) is 8.97. The van der Waals surface area contributed by atoms with E-state index in [-0.39, 0.29) is 11.9 Å². The molecule has 1 amide bonds. The monoisotopic (exact) mass is 171 g/mol. The maximum Gasteiger partial charge on any atom is 0.222 e. The van der Waals surface area contributed by atoms with Crippen LogP contribution in [-0.2, 0) is 9.53 Å². The molecular formula is C9H17NO2. The van der Waals surface area contributed by atoms with Gasteiger partial charge < -0.3 is 9.64 Å². The molecule has 1 heterocycles. The van der Waals surface area contributed by atoms with Crippen molar-refractivity contribution in [1.29, 1.82) is 0 Å². The zero-order valence-corrected chi connectivity index (χ0v) is 7.88. The van der Waals surface area contributed by atoms with Crippen molar-refractivity contribution in [2.75, 3.05) is 19.8 Å². The number of ether oxygens (including phenoxy) is 1. The molecule has 1 rings (SSSR count). The van der Waals surface area contributed by atoms with Gasteiger partial charge in [-0.15, -0.1) is 0 Å². The summed E-state index contributed by atoms with van der Waals surface area (Å²) in [5.41, 5.74) is 0. The van der Waals surface area contributed by atoms with E-state index in [0.29, 0.717) is 19.6 Å². The molecule has 1 atom stereocenters. The lowest BCUT2D eigenvalue weighted by atomic mass is 10.2. The van der Waals surface area contributed by atoms with Crippen LogP contribution in [-0.4, -0.2) is 36.6 Å². The Morgan fingerprint density at radius 3 is 3.00 bits per heavy atom. The SMILES string of the molecule is CCCC(=O)N1CCOC[C@@H]1C. The van der Waals surface area contributed by atoms with E-state index < -0.39 is 0 Å². The highest BCUT2D eigenvalue weighted by atomic mass is 16.5. The summed E-state index contributed by atoms with van der Waals surface area (Å²) in [6.07, 6.45) is 1.60. The minimum absolute atomic E-state index is 0.262. The Morgan fingerprint density at radius 1 is 1.67 bits per heavy atom. The first kappa shape index (κ1) is 9.52. The van der Waals surface area contributed by atoms with Gasteiger partial charge in [0.25, 0.3) is 0 Å². The largest absolute Gasteiger partial charge is 0.377 e. The Labute approximate surface area is 73.7 Å². The molecule has 0 bridgehead atoms. The van der Waals surface area contributed by atoms with Gasteiger partial charge in [-0.2, -0.15) is 0 Å². The summed E-state index contributed by atoms with van der Waals surface area (Å²) in [4.78, 5) is 13.4. The quantitative estimate of drug-likeness (QED) is 0.621. The molecule has 0 spiro atoms. The smallest absolute Gasteiger partial charge is 0.222 e. The van der Waals surface area contributed by atoms with Crippen molar-refractivity contribution >= 4 is 5.91 Å². The molecule has 0 aromatic rings. The van der Waals surface area contributed by atoms with Crippen LogP contribution in [0.2, 0.25) is 0 Å². The second-order valence-electron chi connectivity index (χ2n) is 3.26. The average Bonchev–Trinajstić information content (AvgIpc) is 2.05. The van der Waals surface area contributed by atoms with E-state index in [9.17, 15) is 4.79 Å². The summed E-state index contributed by atoms with van der Waals surface area (Å²) in [7, 11) is 0. The van der Waals surface area contributed by atoms with Crippen LogP contribution in [0.4, 0.5) is 0 Å². The first-order valence-corrected chi connectivity index (χ1v) is 4.63. The predicted octanol–water partition coefficient (Wildman–Crippen LogP) is 1.03. The highest BCUT2D eigenvalue weighted by Gasteiger charge is 2.22. The van der Waals surface area contributed by atoms with Crippen molar-refractivity contribution in [2.45, 2.75) is 32.7 Å². The summed E-state index contributed by atoms with van der Waals surface area (Å²) in [6.45, 7) is 6.21. The molecule has 70 valence electrons. The standard InChI is InChI=1S/C9H17NO2/c1-3-4-9(11)10-5-6-12-7-8(10)2/h8H,3-7H2,1-2H3/t8-/m0/s1. The lowest BCUT2D eigenvalue weighted by molar-refractivity contribution is -0.139. The molecule has 3 nitrogen and oxygen atoms in total. The number of carbonyl (C=O) groups is 1. The van der Waals surface area contributed by atoms with Crippen LogP contribution in [0.1, 0.15) is 26.7 Å². The third-order valence-corrected chi connectivity index (χ3v) is 2.15. The predicted molar refractivity (Wildman–Crippen MR) is 46.9 cm³/mol. The molecule has 0 radical (unpaired) electrons. The van der Waals surface area contributed by atoms with Gasteiger partial charge in [0.2, 0.25) is 5.91 Å². The van der Waals surface area contributed by atoms with E-state index in [1.165, 1.54) is 0 Å². The van der Waals surface area contributed by atoms with E-state index in [1.54, 1.807) is 0 Å². The van der Waals surface area contributed by atoms with Crippen molar-refractivity contribution < 1.29 is 9.53 Å². The van der Waals surface area contributed by atoms with Crippen molar-refractivity contribution in [3.05, 3.63) is 0 Å². The maximum absolute atomic E-state index is 11.5. The topological polar surface area (TPSA) is 29.5 Å². The van der Waals surface area contributed by atoms with Crippen molar-refractivity contribution in [2.24, 2.45) is 0 Å². The first-order chi connectivity index (χ1) is 5.75. The van der Waals surface area contributed by atoms with Gasteiger partial charge in [0, 0.05) is 13.0 Å². The summed E-state index contributed by atoms with van der Waals surface area (Å²) >= 11 is 0. The molecule has 1 aliphatic rings. The molecule has 0 aromatic heterocycles. The minimum Gasteiger partial charge on any atom is -0.377 e. The fourth-order valence-corrected chi connectivity index (χ4v) is 1.46. The van der Waals surface area contributed by atoms with Crippen molar-refractivity contribution in [1.82, 2.24) is 4.90 Å². The molecule has 12 heavy (non-hydrogen) atoms. The average molecular weight is 171 g/mol. The van der Waals surface area contributed by atoms with Crippen molar-refractivity contribution in [3.8, 4) is 0 Å². The number of nitrogens with zero attached hydrogens (tertiary/aromatic N) is 1. The van der Waals surface area contributed by atoms with Crippen LogP contribution in [0.15, 0.2) is 0 Å². The molecule has 0 unspecified atom stereocenters. The van der Waals surface area contributed by atoms with Gasteiger partial charge >= 0.3 is 0 Å². The number of rotatable bonds is 2. The number of hydrogen-bond donors (Lipinski definition) is 0. The summed E-state index contributed by atoms with van der Waals surface area (Å²) in [5.74, 6) is 0.272. The fourth-order valence-electron chi connectivity index (χ4n) is 1.46. The molecule has 1 fully saturated rings. The zero-order valence-electron chi connectivity index (χ0n) is 7.88. The Hall–Kier alpha value is -0.570. The lowest BCUT2D eigenvalue weighted by Gasteiger charge is -2.33. The van der Waals surface area contributed by atoms with Gasteiger partial charge in [0.15, 0.2) is 0 Å². The lowest BCUT2D eigenvalue weighted by Crippen LogP contribution is -2.46. The third-order valence-electron chi connectivity index (χ3n) is 2.15. The Morgan fingerprint density at radius 2 is 2.42 bits per heavy atom. The molecule has 1 aliphatic heterocycles. The van der Waals surface area contributed by atoms with Crippen LogP contribution in [0, 0.1) is 0 Å². The maximum atomic E-state index is 11.5. The second kappa shape index (κ2) is 4.45. The molecule has 3 heteroatoms. The van der Waals surface area contributed by atoms with Gasteiger partial charge in [-0.05, 0) is 13.3 Å². The normalized spacial score (nSPS) is 24.2. The number of morpholine rings is 1. The first-order valence-electron chi connectivity index (χ1n) is 4.63. The van der Waals surface area contributed by atoms with Gasteiger partial charge in [-0.3, -0.25) is 4.79 Å². The Bertz CT molecular complexity index is 159. The van der Waals surface area contributed by atoms with E-state index in [0.717, 1.165) is 13.0 Å². The van der Waals surface area contributed by atoms with Crippen LogP contribution >= 0.6 is 0 Å². The van der Waals surface area contributed by atoms with E-state index >= 15 is 0 Å². The van der Waals surface area contributed by atoms with Crippen molar-refractivity contribution in [3.63, 3.8) is 0 Å². The summed E-state index contributed by atoms with van der Waals surface area (Å²) < 4.78 is 5.25. The molecule has 0 saturated carbocycles. The van der Waals surface area contributed by atoms with Crippen LogP contribution in [0.3, 0.4) is 0 Å². The fraction of sp³-hybridized carbons (Fsp3) is 0.889. The van der Waals surface area contributed by atoms with Crippen LogP contribution in [0.25, 0.3) is 0 Å². The Kier molecular flexibility index (Phi) is 3.53. The van der Waals surface area contributed by atoms with Gasteiger partial charge in [-0.1, -0.05) is 6.92 Å². The molecule has 0 aliphatic carbocycles. The molecule has 1 saturated heterocycles. The van der Waals surface area contributed by atoms with Gasteiger partial charge in [-0.25, -0.2) is 0 Å². The van der Waals surface area contributed by atoms with Crippen LogP contribution in [0.5, 0.6) is 0 Å². The third kappa shape index (κ3) is 2.21. The van der Waals surface area contributed by atoms with E-state index in [1.807, 2.05) is 18.7 Å². The summed E-state index contributed by atoms with van der Waals surface area (Å²) in [6, 6.07) is 0.262. The summed E-state index contributed by atoms with van der Waals surface area (Å²) in [5, 5.41) is 0. The molecule has 0 aromatic carbocycles. The van der Waals surface area contributed by atoms with E-state index in [2.05, 4.69) is 0 Å². The van der Waals surface area contributed by atoms with Gasteiger partial charge in [0.1, 0.15) is 0 Å². The van der Waals surface area contributed by atoms with Gasteiger partial charge in [0.05, 0.1) is 19.3 Å². The highest BCUT2D eigenvalue weighted by Crippen LogP contribution is 2.08. The number of amides is 1. The Balaban J connectivity index is 2.42.